The monoisotopic (exact) mass is 224 g/mol. The molecule has 0 unspecified atom stereocenters. The van der Waals surface area contributed by atoms with Crippen LogP contribution in [0.4, 0.5) is 0 Å². The minimum absolute atomic E-state index is 0.514. The molecule has 0 aliphatic carbocycles. The zero-order valence-corrected chi connectivity index (χ0v) is 9.35. The summed E-state index contributed by atoms with van der Waals surface area (Å²) in [4.78, 5) is 20.0. The lowest BCUT2D eigenvalue weighted by atomic mass is 10.2. The first kappa shape index (κ1) is 12.7. The molecule has 1 aromatic rings. The Labute approximate surface area is 95.1 Å². The van der Waals surface area contributed by atoms with Crippen LogP contribution in [-0.4, -0.2) is 26.1 Å². The van der Waals surface area contributed by atoms with Crippen molar-refractivity contribution in [2.24, 2.45) is 0 Å². The molecule has 0 atom stereocenters. The van der Waals surface area contributed by atoms with Crippen LogP contribution in [0.2, 0.25) is 0 Å². The fraction of sp³-hybridized carbons (Fsp3) is 0.417. The Morgan fingerprint density at radius 3 is 2.50 bits per heavy atom. The molecule has 0 radical (unpaired) electrons. The highest BCUT2D eigenvalue weighted by Gasteiger charge is 1.95. The molecule has 1 rings (SSSR count). The topological polar surface area (TPSA) is 44.8 Å². The van der Waals surface area contributed by atoms with Gasteiger partial charge in [-0.3, -0.25) is 4.79 Å². The summed E-state index contributed by atoms with van der Waals surface area (Å²) in [6.45, 7) is 3.49. The summed E-state index contributed by atoms with van der Waals surface area (Å²) >= 11 is 0. The molecule has 0 spiro atoms. The molecule has 4 nitrogen and oxygen atoms in total. The Hall–Kier alpha value is -1.39. The van der Waals surface area contributed by atoms with Gasteiger partial charge in [-0.2, -0.15) is 0 Å². The second-order valence-electron chi connectivity index (χ2n) is 3.12. The Balaban J connectivity index is 2.14. The average molecular weight is 224 g/mol. The maximum atomic E-state index is 10.4. The molecule has 0 bridgehead atoms. The summed E-state index contributed by atoms with van der Waals surface area (Å²) in [6.07, 6.45) is 1.56. The number of ether oxygens (including phenoxy) is 1. The van der Waals surface area contributed by atoms with Gasteiger partial charge < -0.3 is 4.74 Å². The molecule has 0 saturated heterocycles. The lowest BCUT2D eigenvalue weighted by Crippen LogP contribution is -2.03. The highest BCUT2D eigenvalue weighted by Crippen LogP contribution is 2.11. The molecule has 0 saturated carbocycles. The molecule has 0 aromatic heterocycles. The van der Waals surface area contributed by atoms with Gasteiger partial charge >= 0.3 is 0 Å². The van der Waals surface area contributed by atoms with Crippen molar-refractivity contribution in [3.8, 4) is 5.75 Å². The van der Waals surface area contributed by atoms with Gasteiger partial charge in [0.2, 0.25) is 0 Å². The molecule has 0 aliphatic rings. The molecule has 4 heteroatoms. The molecule has 0 fully saturated rings. The molecule has 88 valence electrons. The van der Waals surface area contributed by atoms with Crippen LogP contribution < -0.4 is 4.74 Å². The largest absolute Gasteiger partial charge is 0.494 e. The van der Waals surface area contributed by atoms with E-state index in [-0.39, 0.29) is 0 Å². The third-order valence-electron chi connectivity index (χ3n) is 1.86. The lowest BCUT2D eigenvalue weighted by Gasteiger charge is -2.06. The van der Waals surface area contributed by atoms with Crippen molar-refractivity contribution >= 4 is 6.29 Å². The van der Waals surface area contributed by atoms with Gasteiger partial charge in [0.1, 0.15) is 12.0 Å². The van der Waals surface area contributed by atoms with Crippen molar-refractivity contribution in [1.82, 2.24) is 0 Å². The summed E-state index contributed by atoms with van der Waals surface area (Å²) in [7, 11) is 0. The Bertz CT molecular complexity index is 294. The quantitative estimate of drug-likeness (QED) is 0.294. The van der Waals surface area contributed by atoms with Crippen molar-refractivity contribution in [1.29, 1.82) is 0 Å². The first-order valence-corrected chi connectivity index (χ1v) is 5.29. The number of benzene rings is 1. The number of aldehydes is 1. The van der Waals surface area contributed by atoms with E-state index in [1.54, 1.807) is 24.3 Å². The minimum Gasteiger partial charge on any atom is -0.494 e. The maximum absolute atomic E-state index is 10.4. The van der Waals surface area contributed by atoms with Crippen LogP contribution in [0.3, 0.4) is 0 Å². The number of rotatable bonds is 8. The van der Waals surface area contributed by atoms with Crippen LogP contribution in [0.25, 0.3) is 0 Å². The van der Waals surface area contributed by atoms with E-state index in [4.69, 9.17) is 14.5 Å². The van der Waals surface area contributed by atoms with Crippen molar-refractivity contribution in [3.05, 3.63) is 29.8 Å². The molecule has 0 amide bonds. The summed E-state index contributed by atoms with van der Waals surface area (Å²) in [5, 5.41) is 0. The van der Waals surface area contributed by atoms with Crippen LogP contribution in [0.1, 0.15) is 23.7 Å². The van der Waals surface area contributed by atoms with Crippen LogP contribution in [0, 0.1) is 0 Å². The highest BCUT2D eigenvalue weighted by atomic mass is 17.2. The van der Waals surface area contributed by atoms with Crippen LogP contribution in [0.15, 0.2) is 24.3 Å². The van der Waals surface area contributed by atoms with Crippen molar-refractivity contribution in [2.75, 3.05) is 19.8 Å². The van der Waals surface area contributed by atoms with Crippen LogP contribution in [-0.2, 0) is 9.78 Å². The standard InChI is InChI=1S/C12H16O4/c1-2-15-16-9-3-8-14-12-6-4-11(10-13)5-7-12/h4-7,10H,2-3,8-9H2,1H3. The molecule has 16 heavy (non-hydrogen) atoms. The van der Waals surface area contributed by atoms with Gasteiger partial charge in [-0.15, -0.1) is 0 Å². The molecule has 0 N–H and O–H groups in total. The van der Waals surface area contributed by atoms with Gasteiger partial charge in [0.15, 0.2) is 0 Å². The van der Waals surface area contributed by atoms with Crippen LogP contribution in [0.5, 0.6) is 5.75 Å². The van der Waals surface area contributed by atoms with E-state index in [2.05, 4.69) is 0 Å². The van der Waals surface area contributed by atoms with E-state index in [1.807, 2.05) is 6.92 Å². The minimum atomic E-state index is 0.514. The van der Waals surface area contributed by atoms with E-state index in [9.17, 15) is 4.79 Å². The number of hydrogen-bond acceptors (Lipinski definition) is 4. The van der Waals surface area contributed by atoms with E-state index >= 15 is 0 Å². The Morgan fingerprint density at radius 1 is 1.12 bits per heavy atom. The SMILES string of the molecule is CCOOCCCOc1ccc(C=O)cc1. The van der Waals surface area contributed by atoms with Gasteiger partial charge in [0, 0.05) is 12.0 Å². The zero-order valence-electron chi connectivity index (χ0n) is 9.35. The van der Waals surface area contributed by atoms with Crippen LogP contribution >= 0.6 is 0 Å². The van der Waals surface area contributed by atoms with Gasteiger partial charge in [-0.05, 0) is 31.2 Å². The Kier molecular flexibility index (Phi) is 6.22. The van der Waals surface area contributed by atoms with Crippen molar-refractivity contribution in [2.45, 2.75) is 13.3 Å². The second-order valence-corrected chi connectivity index (χ2v) is 3.12. The van der Waals surface area contributed by atoms with E-state index in [0.29, 0.717) is 25.4 Å². The molecule has 1 aromatic carbocycles. The van der Waals surface area contributed by atoms with Gasteiger partial charge in [-0.1, -0.05) is 0 Å². The number of carbonyl (C=O) groups excluding carboxylic acids is 1. The van der Waals surface area contributed by atoms with Crippen molar-refractivity contribution < 1.29 is 19.3 Å². The lowest BCUT2D eigenvalue weighted by molar-refractivity contribution is -0.291. The third-order valence-corrected chi connectivity index (χ3v) is 1.86. The summed E-state index contributed by atoms with van der Waals surface area (Å²) in [5.74, 6) is 0.752. The molecular weight excluding hydrogens is 208 g/mol. The summed E-state index contributed by atoms with van der Waals surface area (Å²) in [5.41, 5.74) is 0.645. The first-order valence-electron chi connectivity index (χ1n) is 5.29. The van der Waals surface area contributed by atoms with Gasteiger partial charge in [0.25, 0.3) is 0 Å². The molecule has 0 heterocycles. The van der Waals surface area contributed by atoms with E-state index < -0.39 is 0 Å². The van der Waals surface area contributed by atoms with Crippen molar-refractivity contribution in [3.63, 3.8) is 0 Å². The number of hydrogen-bond donors (Lipinski definition) is 0. The third kappa shape index (κ3) is 4.91. The zero-order chi connectivity index (χ0) is 11.6. The molecular formula is C12H16O4. The van der Waals surface area contributed by atoms with E-state index in [0.717, 1.165) is 18.5 Å². The smallest absolute Gasteiger partial charge is 0.150 e. The second kappa shape index (κ2) is 7.84. The fourth-order valence-electron chi connectivity index (χ4n) is 1.09. The Morgan fingerprint density at radius 2 is 1.88 bits per heavy atom. The maximum Gasteiger partial charge on any atom is 0.150 e. The van der Waals surface area contributed by atoms with Gasteiger partial charge in [0.05, 0.1) is 19.8 Å². The summed E-state index contributed by atoms with van der Waals surface area (Å²) < 4.78 is 5.43. The predicted molar refractivity (Wildman–Crippen MR) is 59.5 cm³/mol. The van der Waals surface area contributed by atoms with E-state index in [1.165, 1.54) is 0 Å². The molecule has 0 aliphatic heterocycles. The normalized spacial score (nSPS) is 10.1. The average Bonchev–Trinajstić information content (AvgIpc) is 2.34. The first-order chi connectivity index (χ1) is 7.86. The fourth-order valence-corrected chi connectivity index (χ4v) is 1.09. The highest BCUT2D eigenvalue weighted by molar-refractivity contribution is 5.74. The summed E-state index contributed by atoms with van der Waals surface area (Å²) in [6, 6.07) is 6.98. The number of carbonyl (C=O) groups is 1. The van der Waals surface area contributed by atoms with Gasteiger partial charge in [-0.25, -0.2) is 9.78 Å². The predicted octanol–water partition coefficient (Wildman–Crippen LogP) is 2.24.